The summed E-state index contributed by atoms with van der Waals surface area (Å²) in [6, 6.07) is 6.78. The van der Waals surface area contributed by atoms with Gasteiger partial charge in [0, 0.05) is 6.54 Å². The van der Waals surface area contributed by atoms with Crippen molar-refractivity contribution in [2.75, 3.05) is 6.54 Å². The molecule has 0 bridgehead atoms. The lowest BCUT2D eigenvalue weighted by Crippen LogP contribution is -2.18. The molecule has 0 atom stereocenters. The van der Waals surface area contributed by atoms with Crippen molar-refractivity contribution in [3.05, 3.63) is 29.8 Å². The Morgan fingerprint density at radius 3 is 2.10 bits per heavy atom. The van der Waals surface area contributed by atoms with E-state index >= 15 is 0 Å². The average molecular weight is 283 g/mol. The summed E-state index contributed by atoms with van der Waals surface area (Å²) in [6.45, 7) is 8.17. The van der Waals surface area contributed by atoms with Crippen LogP contribution in [-0.2, 0) is 6.54 Å². The first kappa shape index (κ1) is 15.2. The SMILES string of the molecule is CC1(C)C(CNCc2ccc(OC(F)F)cc2)C1(C)C. The standard InChI is InChI=1S/C16H23F2NO/c1-15(2)13(16(15,3)4)10-19-9-11-5-7-12(8-6-11)20-14(17)18/h5-8,13-14,19H,9-10H2,1-4H3. The van der Waals surface area contributed by atoms with Crippen molar-refractivity contribution in [1.29, 1.82) is 0 Å². The first-order valence-corrected chi connectivity index (χ1v) is 6.99. The van der Waals surface area contributed by atoms with E-state index in [1.54, 1.807) is 12.1 Å². The number of hydrogen-bond donors (Lipinski definition) is 1. The van der Waals surface area contributed by atoms with Crippen LogP contribution in [0.3, 0.4) is 0 Å². The number of ether oxygens (including phenoxy) is 1. The van der Waals surface area contributed by atoms with Gasteiger partial charge in [-0.2, -0.15) is 8.78 Å². The van der Waals surface area contributed by atoms with Crippen molar-refractivity contribution in [2.45, 2.75) is 40.9 Å². The van der Waals surface area contributed by atoms with Crippen LogP contribution in [0.5, 0.6) is 5.75 Å². The average Bonchev–Trinajstić information content (AvgIpc) is 2.73. The van der Waals surface area contributed by atoms with Crippen LogP contribution in [0.15, 0.2) is 24.3 Å². The second kappa shape index (κ2) is 5.32. The van der Waals surface area contributed by atoms with Crippen LogP contribution in [0.25, 0.3) is 0 Å². The maximum Gasteiger partial charge on any atom is 0.387 e. The van der Waals surface area contributed by atoms with Gasteiger partial charge in [-0.25, -0.2) is 0 Å². The van der Waals surface area contributed by atoms with E-state index in [4.69, 9.17) is 0 Å². The van der Waals surface area contributed by atoms with Crippen molar-refractivity contribution in [1.82, 2.24) is 5.32 Å². The van der Waals surface area contributed by atoms with Gasteiger partial charge in [-0.05, 0) is 41.0 Å². The molecule has 0 aliphatic heterocycles. The van der Waals surface area contributed by atoms with Crippen LogP contribution in [0, 0.1) is 16.7 Å². The molecule has 1 aromatic carbocycles. The van der Waals surface area contributed by atoms with Gasteiger partial charge in [-0.15, -0.1) is 0 Å². The summed E-state index contributed by atoms with van der Waals surface area (Å²) in [5, 5.41) is 3.45. The van der Waals surface area contributed by atoms with Crippen LogP contribution < -0.4 is 10.1 Å². The highest BCUT2D eigenvalue weighted by Crippen LogP contribution is 2.67. The number of hydrogen-bond acceptors (Lipinski definition) is 2. The molecule has 1 fully saturated rings. The Bertz CT molecular complexity index is 440. The van der Waals surface area contributed by atoms with E-state index in [0.29, 0.717) is 16.7 Å². The molecule has 1 saturated carbocycles. The van der Waals surface area contributed by atoms with Crippen molar-refractivity contribution >= 4 is 0 Å². The van der Waals surface area contributed by atoms with E-state index in [9.17, 15) is 8.78 Å². The largest absolute Gasteiger partial charge is 0.435 e. The molecule has 1 aliphatic rings. The summed E-state index contributed by atoms with van der Waals surface area (Å²) in [6.07, 6.45) is 0. The molecule has 20 heavy (non-hydrogen) atoms. The molecule has 112 valence electrons. The third kappa shape index (κ3) is 2.95. The number of benzene rings is 1. The Morgan fingerprint density at radius 2 is 1.65 bits per heavy atom. The maximum atomic E-state index is 12.0. The highest BCUT2D eigenvalue weighted by molar-refractivity contribution is 5.27. The van der Waals surface area contributed by atoms with Crippen molar-refractivity contribution in [3.63, 3.8) is 0 Å². The van der Waals surface area contributed by atoms with Gasteiger partial charge in [0.2, 0.25) is 0 Å². The summed E-state index contributed by atoms with van der Waals surface area (Å²) in [7, 11) is 0. The topological polar surface area (TPSA) is 21.3 Å². The molecule has 0 amide bonds. The molecule has 1 aliphatic carbocycles. The third-order valence-corrected chi connectivity index (χ3v) is 5.15. The second-order valence-electron chi connectivity index (χ2n) is 6.65. The molecule has 0 saturated heterocycles. The van der Waals surface area contributed by atoms with E-state index < -0.39 is 6.61 Å². The molecule has 0 unspecified atom stereocenters. The van der Waals surface area contributed by atoms with Crippen LogP contribution >= 0.6 is 0 Å². The van der Waals surface area contributed by atoms with E-state index in [1.807, 2.05) is 12.1 Å². The summed E-state index contributed by atoms with van der Waals surface area (Å²) < 4.78 is 28.4. The summed E-state index contributed by atoms with van der Waals surface area (Å²) in [5.74, 6) is 0.879. The minimum atomic E-state index is -2.77. The zero-order valence-corrected chi connectivity index (χ0v) is 12.5. The van der Waals surface area contributed by atoms with Gasteiger partial charge in [0.05, 0.1) is 0 Å². The van der Waals surface area contributed by atoms with E-state index in [-0.39, 0.29) is 5.75 Å². The molecular weight excluding hydrogens is 260 g/mol. The van der Waals surface area contributed by atoms with Gasteiger partial charge in [-0.3, -0.25) is 0 Å². The molecule has 1 aromatic rings. The molecule has 2 rings (SSSR count). The number of rotatable bonds is 6. The number of nitrogens with one attached hydrogen (secondary N) is 1. The molecule has 0 spiro atoms. The third-order valence-electron chi connectivity index (χ3n) is 5.15. The number of alkyl halides is 2. The lowest BCUT2D eigenvalue weighted by atomic mass is 10.0. The Balaban J connectivity index is 1.78. The zero-order valence-electron chi connectivity index (χ0n) is 12.5. The van der Waals surface area contributed by atoms with Crippen molar-refractivity contribution < 1.29 is 13.5 Å². The van der Waals surface area contributed by atoms with Gasteiger partial charge < -0.3 is 10.1 Å². The lowest BCUT2D eigenvalue weighted by molar-refractivity contribution is -0.0498. The maximum absolute atomic E-state index is 12.0. The zero-order chi connectivity index (χ0) is 15.0. The first-order valence-electron chi connectivity index (χ1n) is 6.99. The van der Waals surface area contributed by atoms with Crippen LogP contribution in [-0.4, -0.2) is 13.2 Å². The van der Waals surface area contributed by atoms with E-state index in [2.05, 4.69) is 37.7 Å². The molecule has 1 N–H and O–H groups in total. The highest BCUT2D eigenvalue weighted by Gasteiger charge is 2.63. The molecule has 0 radical (unpaired) electrons. The van der Waals surface area contributed by atoms with E-state index in [1.165, 1.54) is 0 Å². The van der Waals surface area contributed by atoms with Crippen molar-refractivity contribution in [2.24, 2.45) is 16.7 Å². The molecule has 0 heterocycles. The number of halogens is 2. The molecule has 0 aromatic heterocycles. The summed E-state index contributed by atoms with van der Waals surface area (Å²) in [5.41, 5.74) is 1.84. The van der Waals surface area contributed by atoms with Crippen LogP contribution in [0.4, 0.5) is 8.78 Å². The molecule has 2 nitrogen and oxygen atoms in total. The predicted octanol–water partition coefficient (Wildman–Crippen LogP) is 4.06. The first-order chi connectivity index (χ1) is 9.25. The Kier molecular flexibility index (Phi) is 4.05. The Hall–Kier alpha value is -1.16. The monoisotopic (exact) mass is 283 g/mol. The Morgan fingerprint density at radius 1 is 1.10 bits per heavy atom. The lowest BCUT2D eigenvalue weighted by Gasteiger charge is -2.08. The van der Waals surface area contributed by atoms with Gasteiger partial charge >= 0.3 is 6.61 Å². The van der Waals surface area contributed by atoms with Crippen LogP contribution in [0.1, 0.15) is 33.3 Å². The molecular formula is C16H23F2NO. The fraction of sp³-hybridized carbons (Fsp3) is 0.625. The molecule has 4 heteroatoms. The van der Waals surface area contributed by atoms with Gasteiger partial charge in [0.1, 0.15) is 5.75 Å². The fourth-order valence-corrected chi connectivity index (χ4v) is 2.99. The minimum Gasteiger partial charge on any atom is -0.435 e. The smallest absolute Gasteiger partial charge is 0.387 e. The quantitative estimate of drug-likeness (QED) is 0.850. The van der Waals surface area contributed by atoms with Crippen LogP contribution in [0.2, 0.25) is 0 Å². The minimum absolute atomic E-state index is 0.202. The van der Waals surface area contributed by atoms with Crippen molar-refractivity contribution in [3.8, 4) is 5.75 Å². The summed E-state index contributed by atoms with van der Waals surface area (Å²) >= 11 is 0. The predicted molar refractivity (Wildman–Crippen MR) is 75.8 cm³/mol. The van der Waals surface area contributed by atoms with E-state index in [0.717, 1.165) is 18.7 Å². The highest BCUT2D eigenvalue weighted by atomic mass is 19.3. The Labute approximate surface area is 119 Å². The second-order valence-corrected chi connectivity index (χ2v) is 6.65. The fourth-order valence-electron chi connectivity index (χ4n) is 2.99. The normalized spacial score (nSPS) is 20.1. The summed E-state index contributed by atoms with van der Waals surface area (Å²) in [4.78, 5) is 0. The van der Waals surface area contributed by atoms with Gasteiger partial charge in [-0.1, -0.05) is 39.8 Å². The van der Waals surface area contributed by atoms with Gasteiger partial charge in [0.25, 0.3) is 0 Å². The van der Waals surface area contributed by atoms with Gasteiger partial charge in [0.15, 0.2) is 0 Å².